The van der Waals surface area contributed by atoms with Crippen LogP contribution in [-0.4, -0.2) is 28.7 Å². The number of halogens is 1. The van der Waals surface area contributed by atoms with Crippen LogP contribution < -0.4 is 0 Å². The van der Waals surface area contributed by atoms with Crippen molar-refractivity contribution >= 4 is 11.6 Å². The fourth-order valence-electron chi connectivity index (χ4n) is 2.03. The Hall–Kier alpha value is -0.610. The van der Waals surface area contributed by atoms with Gasteiger partial charge in [0, 0.05) is 13.0 Å². The van der Waals surface area contributed by atoms with Crippen LogP contribution in [0.25, 0.3) is 0 Å². The summed E-state index contributed by atoms with van der Waals surface area (Å²) in [6, 6.07) is 0.282. The summed E-state index contributed by atoms with van der Waals surface area (Å²) in [5.41, 5.74) is 2.18. The monoisotopic (exact) mass is 243 g/mol. The Labute approximate surface area is 101 Å². The second-order valence-corrected chi connectivity index (χ2v) is 4.56. The van der Waals surface area contributed by atoms with Crippen LogP contribution in [0.5, 0.6) is 0 Å². The molecular weight excluding hydrogens is 226 g/mol. The van der Waals surface area contributed by atoms with E-state index in [0.29, 0.717) is 18.4 Å². The van der Waals surface area contributed by atoms with E-state index in [9.17, 15) is 0 Å². The standard InChI is InChI=1S/C11H18ClN3O/c1-3-9(7-16-2)15-11(8-4-5-8)10(6-12)13-14-15/h8-9H,3-7H2,1-2H3. The molecule has 1 fully saturated rings. The summed E-state index contributed by atoms with van der Waals surface area (Å²) in [7, 11) is 1.72. The van der Waals surface area contributed by atoms with Crippen LogP contribution in [0.3, 0.4) is 0 Å². The van der Waals surface area contributed by atoms with Crippen molar-refractivity contribution < 1.29 is 4.74 Å². The van der Waals surface area contributed by atoms with E-state index in [1.807, 2.05) is 4.68 Å². The minimum Gasteiger partial charge on any atom is -0.382 e. The van der Waals surface area contributed by atoms with Crippen LogP contribution >= 0.6 is 11.6 Å². The quantitative estimate of drug-likeness (QED) is 0.721. The van der Waals surface area contributed by atoms with Crippen molar-refractivity contribution in [3.8, 4) is 0 Å². The van der Waals surface area contributed by atoms with Crippen LogP contribution in [-0.2, 0) is 10.6 Å². The Morgan fingerprint density at radius 3 is 2.81 bits per heavy atom. The zero-order chi connectivity index (χ0) is 11.5. The molecule has 16 heavy (non-hydrogen) atoms. The summed E-state index contributed by atoms with van der Waals surface area (Å²) in [6.45, 7) is 2.82. The highest BCUT2D eigenvalue weighted by Gasteiger charge is 2.32. The molecule has 1 atom stereocenters. The third-order valence-electron chi connectivity index (χ3n) is 3.07. The first-order valence-electron chi connectivity index (χ1n) is 5.80. The lowest BCUT2D eigenvalue weighted by molar-refractivity contribution is 0.145. The van der Waals surface area contributed by atoms with Gasteiger partial charge in [0.25, 0.3) is 0 Å². The lowest BCUT2D eigenvalue weighted by Gasteiger charge is -2.16. The molecular formula is C11H18ClN3O. The number of hydrogen-bond acceptors (Lipinski definition) is 3. The molecule has 0 spiro atoms. The molecule has 0 bridgehead atoms. The summed E-state index contributed by atoms with van der Waals surface area (Å²) >= 11 is 5.90. The third-order valence-corrected chi connectivity index (χ3v) is 3.32. The minimum atomic E-state index is 0.282. The molecule has 1 heterocycles. The van der Waals surface area contributed by atoms with Crippen LogP contribution in [0.2, 0.25) is 0 Å². The van der Waals surface area contributed by atoms with Gasteiger partial charge in [-0.3, -0.25) is 0 Å². The molecule has 0 saturated heterocycles. The Bertz CT molecular complexity index is 349. The molecule has 1 aliphatic rings. The molecule has 2 rings (SSSR count). The van der Waals surface area contributed by atoms with Gasteiger partial charge in [0.05, 0.1) is 24.2 Å². The highest BCUT2D eigenvalue weighted by Crippen LogP contribution is 2.42. The van der Waals surface area contributed by atoms with Crippen LogP contribution in [0, 0.1) is 0 Å². The van der Waals surface area contributed by atoms with E-state index >= 15 is 0 Å². The first-order chi connectivity index (χ1) is 7.81. The fraction of sp³-hybridized carbons (Fsp3) is 0.818. The van der Waals surface area contributed by atoms with Crippen molar-refractivity contribution in [1.82, 2.24) is 15.0 Å². The average molecular weight is 244 g/mol. The predicted molar refractivity (Wildman–Crippen MR) is 62.8 cm³/mol. The number of ether oxygens (including phenoxy) is 1. The van der Waals surface area contributed by atoms with Crippen LogP contribution in [0.4, 0.5) is 0 Å². The number of nitrogens with zero attached hydrogens (tertiary/aromatic N) is 3. The lowest BCUT2D eigenvalue weighted by Crippen LogP contribution is -2.17. The first kappa shape index (κ1) is 11.9. The summed E-state index contributed by atoms with van der Waals surface area (Å²) in [6.07, 6.45) is 3.47. The SMILES string of the molecule is CCC(COC)n1nnc(CCl)c1C1CC1. The lowest BCUT2D eigenvalue weighted by atomic mass is 10.2. The molecule has 0 aromatic carbocycles. The summed E-state index contributed by atoms with van der Waals surface area (Å²) in [4.78, 5) is 0. The molecule has 0 radical (unpaired) electrons. The summed E-state index contributed by atoms with van der Waals surface area (Å²) in [5.74, 6) is 1.07. The Kier molecular flexibility index (Phi) is 3.82. The van der Waals surface area contributed by atoms with Crippen molar-refractivity contribution in [3.63, 3.8) is 0 Å². The maximum atomic E-state index is 5.90. The zero-order valence-corrected chi connectivity index (χ0v) is 10.6. The molecule has 0 aliphatic heterocycles. The normalized spacial score (nSPS) is 17.7. The molecule has 1 unspecified atom stereocenters. The Morgan fingerprint density at radius 1 is 1.56 bits per heavy atom. The Balaban J connectivity index is 2.27. The summed E-state index contributed by atoms with van der Waals surface area (Å²) in [5, 5.41) is 8.41. The number of alkyl halides is 1. The van der Waals surface area contributed by atoms with Crippen molar-refractivity contribution in [1.29, 1.82) is 0 Å². The molecule has 4 nitrogen and oxygen atoms in total. The van der Waals surface area contributed by atoms with Gasteiger partial charge in [-0.2, -0.15) is 0 Å². The Morgan fingerprint density at radius 2 is 2.31 bits per heavy atom. The van der Waals surface area contributed by atoms with Gasteiger partial charge >= 0.3 is 0 Å². The van der Waals surface area contributed by atoms with Crippen molar-refractivity contribution in [2.24, 2.45) is 0 Å². The molecule has 1 saturated carbocycles. The largest absolute Gasteiger partial charge is 0.382 e. The third kappa shape index (κ3) is 2.23. The van der Waals surface area contributed by atoms with Crippen molar-refractivity contribution in [3.05, 3.63) is 11.4 Å². The average Bonchev–Trinajstić information content (AvgIpc) is 3.06. The van der Waals surface area contributed by atoms with Crippen molar-refractivity contribution in [2.45, 2.75) is 44.0 Å². The minimum absolute atomic E-state index is 0.282. The number of methoxy groups -OCH3 is 1. The van der Waals surface area contributed by atoms with Crippen molar-refractivity contribution in [2.75, 3.05) is 13.7 Å². The number of rotatable bonds is 6. The zero-order valence-electron chi connectivity index (χ0n) is 9.82. The topological polar surface area (TPSA) is 39.9 Å². The van der Waals surface area contributed by atoms with Crippen LogP contribution in [0.15, 0.2) is 0 Å². The van der Waals surface area contributed by atoms with E-state index in [2.05, 4.69) is 17.2 Å². The van der Waals surface area contributed by atoms with E-state index in [4.69, 9.17) is 16.3 Å². The van der Waals surface area contributed by atoms with Gasteiger partial charge < -0.3 is 4.74 Å². The maximum Gasteiger partial charge on any atom is 0.101 e. The van der Waals surface area contributed by atoms with Gasteiger partial charge in [-0.15, -0.1) is 16.7 Å². The van der Waals surface area contributed by atoms with E-state index in [-0.39, 0.29) is 6.04 Å². The van der Waals surface area contributed by atoms with Gasteiger partial charge in [0.1, 0.15) is 5.69 Å². The molecule has 0 amide bonds. The second kappa shape index (κ2) is 5.15. The molecule has 1 aromatic rings. The van der Waals surface area contributed by atoms with E-state index in [1.165, 1.54) is 18.5 Å². The molecule has 90 valence electrons. The molecule has 1 aromatic heterocycles. The molecule has 0 N–H and O–H groups in total. The number of hydrogen-bond donors (Lipinski definition) is 0. The van der Waals surface area contributed by atoms with Gasteiger partial charge in [-0.1, -0.05) is 12.1 Å². The highest BCUT2D eigenvalue weighted by atomic mass is 35.5. The highest BCUT2D eigenvalue weighted by molar-refractivity contribution is 6.16. The number of aromatic nitrogens is 3. The summed E-state index contributed by atoms with van der Waals surface area (Å²) < 4.78 is 7.25. The van der Waals surface area contributed by atoms with Gasteiger partial charge in [-0.25, -0.2) is 4.68 Å². The predicted octanol–water partition coefficient (Wildman–Crippen LogP) is 2.49. The second-order valence-electron chi connectivity index (χ2n) is 4.29. The van der Waals surface area contributed by atoms with Crippen LogP contribution in [0.1, 0.15) is 49.5 Å². The fourth-order valence-corrected chi connectivity index (χ4v) is 2.22. The van der Waals surface area contributed by atoms with Gasteiger partial charge in [0.2, 0.25) is 0 Å². The van der Waals surface area contributed by atoms with E-state index in [1.54, 1.807) is 7.11 Å². The first-order valence-corrected chi connectivity index (χ1v) is 6.34. The molecule has 1 aliphatic carbocycles. The van der Waals surface area contributed by atoms with Gasteiger partial charge in [0.15, 0.2) is 0 Å². The smallest absolute Gasteiger partial charge is 0.101 e. The maximum absolute atomic E-state index is 5.90. The van der Waals surface area contributed by atoms with E-state index in [0.717, 1.165) is 12.1 Å². The van der Waals surface area contributed by atoms with E-state index < -0.39 is 0 Å². The molecule has 5 heteroatoms. The van der Waals surface area contributed by atoms with Gasteiger partial charge in [-0.05, 0) is 19.3 Å².